The topological polar surface area (TPSA) is 219 Å². The van der Waals surface area contributed by atoms with E-state index in [0.29, 0.717) is 41.6 Å². The minimum atomic E-state index is -1.26. The summed E-state index contributed by atoms with van der Waals surface area (Å²) in [5.41, 5.74) is 0.429. The molecule has 0 spiro atoms. The van der Waals surface area contributed by atoms with Crippen molar-refractivity contribution in [1.82, 2.24) is 20.1 Å². The van der Waals surface area contributed by atoms with Gasteiger partial charge in [-0.15, -0.1) is 0 Å². The van der Waals surface area contributed by atoms with Crippen LogP contribution in [0.1, 0.15) is 17.3 Å². The van der Waals surface area contributed by atoms with Gasteiger partial charge in [-0.2, -0.15) is 4.98 Å². The van der Waals surface area contributed by atoms with Gasteiger partial charge in [0.1, 0.15) is 11.4 Å². The summed E-state index contributed by atoms with van der Waals surface area (Å²) in [5, 5.41) is 37.3. The number of amides is 1. The van der Waals surface area contributed by atoms with Crippen LogP contribution in [0.25, 0.3) is 0 Å². The number of nitrogens with one attached hydrogen (secondary N) is 2. The van der Waals surface area contributed by atoms with Crippen molar-refractivity contribution in [1.29, 1.82) is 0 Å². The molecule has 15 nitrogen and oxygen atoms in total. The molecule has 6 N–H and O–H groups in total. The van der Waals surface area contributed by atoms with E-state index >= 15 is 0 Å². The van der Waals surface area contributed by atoms with E-state index in [-0.39, 0.29) is 11.9 Å². The Morgan fingerprint density at radius 3 is 1.90 bits per heavy atom. The van der Waals surface area contributed by atoms with Crippen LogP contribution in [0.3, 0.4) is 0 Å². The van der Waals surface area contributed by atoms with Gasteiger partial charge in [0.25, 0.3) is 5.91 Å². The standard InChI is InChI=1S/C16H26BrN5O2.2C4H4O4/c1-5-22-7-6-21(3)9-11(10-22)19-15(23)12-8-13(17)14(18-2)20-16(12)24-4;2*5-3(6)1-2-4(7)8/h8,11H,5-7,9-10H2,1-4H3,(H,18,20)(H,19,23);2*1-2H,(H,5,6)(H,7,8)/t11-;;/m0../s1. The van der Waals surface area contributed by atoms with Gasteiger partial charge in [-0.1, -0.05) is 6.92 Å². The molecule has 1 aromatic rings. The molecule has 1 aromatic heterocycles. The summed E-state index contributed by atoms with van der Waals surface area (Å²) in [4.78, 5) is 59.9. The van der Waals surface area contributed by atoms with Gasteiger partial charge >= 0.3 is 23.9 Å². The van der Waals surface area contributed by atoms with Gasteiger partial charge in [-0.05, 0) is 35.6 Å². The number of aromatic nitrogens is 1. The van der Waals surface area contributed by atoms with Crippen molar-refractivity contribution in [2.45, 2.75) is 13.0 Å². The fraction of sp³-hybridized carbons (Fsp3) is 0.417. The number of ether oxygens (including phenoxy) is 1. The summed E-state index contributed by atoms with van der Waals surface area (Å²) in [6, 6.07) is 1.81. The van der Waals surface area contributed by atoms with E-state index < -0.39 is 23.9 Å². The molecule has 0 aliphatic carbocycles. The highest BCUT2D eigenvalue weighted by molar-refractivity contribution is 9.10. The Kier molecular flexibility index (Phi) is 17.2. The number of anilines is 1. The number of carbonyl (C=O) groups excluding carboxylic acids is 1. The number of pyridine rings is 1. The Morgan fingerprint density at radius 2 is 1.50 bits per heavy atom. The first-order valence-electron chi connectivity index (χ1n) is 11.7. The zero-order chi connectivity index (χ0) is 30.8. The van der Waals surface area contributed by atoms with Crippen LogP contribution < -0.4 is 15.4 Å². The maximum absolute atomic E-state index is 12.7. The smallest absolute Gasteiger partial charge is 0.328 e. The third-order valence-electron chi connectivity index (χ3n) is 4.94. The van der Waals surface area contributed by atoms with E-state index in [4.69, 9.17) is 25.2 Å². The van der Waals surface area contributed by atoms with Crippen LogP contribution in [0.2, 0.25) is 0 Å². The van der Waals surface area contributed by atoms with Crippen LogP contribution in [-0.2, 0) is 19.2 Å². The molecule has 1 aliphatic heterocycles. The Hall–Kier alpha value is -4.02. The molecule has 1 aliphatic rings. The monoisotopic (exact) mass is 631 g/mol. The number of rotatable bonds is 9. The van der Waals surface area contributed by atoms with Gasteiger partial charge in [0.15, 0.2) is 0 Å². The molecule has 0 radical (unpaired) electrons. The van der Waals surface area contributed by atoms with Crippen molar-refractivity contribution in [2.75, 3.05) is 59.2 Å². The summed E-state index contributed by atoms with van der Waals surface area (Å²) in [6.45, 7) is 6.82. The molecular formula is C24H34BrN5O10. The second-order valence-electron chi connectivity index (χ2n) is 7.97. The molecule has 0 bridgehead atoms. The van der Waals surface area contributed by atoms with Crippen molar-refractivity contribution < 1.29 is 49.1 Å². The summed E-state index contributed by atoms with van der Waals surface area (Å²) in [6.07, 6.45) is 2.23. The minimum Gasteiger partial charge on any atom is -0.480 e. The molecule has 0 unspecified atom stereocenters. The van der Waals surface area contributed by atoms with E-state index in [1.54, 1.807) is 13.1 Å². The number of carboxylic acid groups (broad SMARTS) is 4. The lowest BCUT2D eigenvalue weighted by atomic mass is 10.2. The molecule has 40 heavy (non-hydrogen) atoms. The average Bonchev–Trinajstić information content (AvgIpc) is 3.07. The average molecular weight is 632 g/mol. The summed E-state index contributed by atoms with van der Waals surface area (Å²) < 4.78 is 6.01. The van der Waals surface area contributed by atoms with Crippen LogP contribution >= 0.6 is 15.9 Å². The number of aliphatic carboxylic acids is 4. The summed E-state index contributed by atoms with van der Waals surface area (Å²) >= 11 is 3.43. The first-order valence-corrected chi connectivity index (χ1v) is 12.4. The number of methoxy groups -OCH3 is 1. The van der Waals surface area contributed by atoms with Gasteiger partial charge in [0, 0.05) is 57.5 Å². The SMILES string of the molecule is CCN1CCN(C)C[C@H](NC(=O)c2cc(Br)c(NC)nc2OC)C1.O=C(O)C=CC(=O)O.O=C(O)C=CC(=O)O. The van der Waals surface area contributed by atoms with Gasteiger partial charge < -0.3 is 45.6 Å². The van der Waals surface area contributed by atoms with E-state index in [1.807, 2.05) is 0 Å². The first kappa shape index (κ1) is 36.0. The van der Waals surface area contributed by atoms with E-state index in [9.17, 15) is 24.0 Å². The molecule has 1 saturated heterocycles. The molecule has 1 atom stereocenters. The molecule has 16 heteroatoms. The fourth-order valence-electron chi connectivity index (χ4n) is 3.13. The van der Waals surface area contributed by atoms with E-state index in [0.717, 1.165) is 37.2 Å². The second kappa shape index (κ2) is 19.1. The summed E-state index contributed by atoms with van der Waals surface area (Å²) in [7, 11) is 5.37. The van der Waals surface area contributed by atoms with Crippen molar-refractivity contribution in [3.8, 4) is 5.88 Å². The van der Waals surface area contributed by atoms with E-state index in [2.05, 4.69) is 55.3 Å². The van der Waals surface area contributed by atoms with Gasteiger partial charge in [0.2, 0.25) is 5.88 Å². The Balaban J connectivity index is 0.000000780. The largest absolute Gasteiger partial charge is 0.480 e. The third kappa shape index (κ3) is 15.4. The molecule has 0 aromatic carbocycles. The second-order valence-corrected chi connectivity index (χ2v) is 8.83. The number of carboxylic acids is 4. The maximum atomic E-state index is 12.7. The summed E-state index contributed by atoms with van der Waals surface area (Å²) in [5.74, 6) is -4.25. The van der Waals surface area contributed by atoms with Gasteiger partial charge in [0.05, 0.1) is 17.6 Å². The highest BCUT2D eigenvalue weighted by atomic mass is 79.9. The molecule has 222 valence electrons. The van der Waals surface area contributed by atoms with Crippen LogP contribution in [-0.4, -0.2) is 125 Å². The van der Waals surface area contributed by atoms with Crippen molar-refractivity contribution in [2.24, 2.45) is 0 Å². The van der Waals surface area contributed by atoms with Crippen LogP contribution in [0.15, 0.2) is 34.8 Å². The molecule has 1 fully saturated rings. The molecule has 1 amide bonds. The lowest BCUT2D eigenvalue weighted by Gasteiger charge is -2.24. The number of hydrogen-bond donors (Lipinski definition) is 6. The predicted molar refractivity (Wildman–Crippen MR) is 148 cm³/mol. The normalized spacial score (nSPS) is 15.6. The highest BCUT2D eigenvalue weighted by Crippen LogP contribution is 2.27. The van der Waals surface area contributed by atoms with Crippen LogP contribution in [0.4, 0.5) is 5.82 Å². The number of hydrogen-bond acceptors (Lipinski definition) is 10. The lowest BCUT2D eigenvalue weighted by Crippen LogP contribution is -2.46. The molecule has 2 heterocycles. The highest BCUT2D eigenvalue weighted by Gasteiger charge is 2.24. The van der Waals surface area contributed by atoms with Crippen molar-refractivity contribution in [3.05, 3.63) is 40.4 Å². The maximum Gasteiger partial charge on any atom is 0.328 e. The first-order chi connectivity index (χ1) is 18.7. The zero-order valence-corrected chi connectivity index (χ0v) is 24.0. The number of likely N-dealkylation sites (N-methyl/N-ethyl adjacent to an activating group) is 2. The molecule has 2 rings (SSSR count). The number of carbonyl (C=O) groups is 5. The molecular weight excluding hydrogens is 598 g/mol. The van der Waals surface area contributed by atoms with Crippen LogP contribution in [0.5, 0.6) is 5.88 Å². The lowest BCUT2D eigenvalue weighted by molar-refractivity contribution is -0.134. The predicted octanol–water partition coefficient (Wildman–Crippen LogP) is 0.684. The molecule has 0 saturated carbocycles. The Bertz CT molecular complexity index is 1030. The van der Waals surface area contributed by atoms with Crippen molar-refractivity contribution in [3.63, 3.8) is 0 Å². The van der Waals surface area contributed by atoms with Gasteiger partial charge in [-0.3, -0.25) is 4.79 Å². The van der Waals surface area contributed by atoms with Crippen molar-refractivity contribution >= 4 is 51.5 Å². The zero-order valence-electron chi connectivity index (χ0n) is 22.5. The van der Waals surface area contributed by atoms with Crippen LogP contribution in [0, 0.1) is 0 Å². The number of nitrogens with zero attached hydrogens (tertiary/aromatic N) is 3. The Morgan fingerprint density at radius 1 is 1.00 bits per heavy atom. The third-order valence-corrected chi connectivity index (χ3v) is 5.55. The van der Waals surface area contributed by atoms with Gasteiger partial charge in [-0.25, -0.2) is 19.2 Å². The minimum absolute atomic E-state index is 0.0670. The fourth-order valence-corrected chi connectivity index (χ4v) is 3.65. The quantitative estimate of drug-likeness (QED) is 0.206. The number of halogens is 1. The van der Waals surface area contributed by atoms with E-state index in [1.165, 1.54) is 7.11 Å². The Labute approximate surface area is 239 Å².